The van der Waals surface area contributed by atoms with Gasteiger partial charge in [-0.25, -0.2) is 0 Å². The molecule has 0 unspecified atom stereocenters. The number of pyridine rings is 1. The average molecular weight is 249 g/mol. The molecule has 0 radical (unpaired) electrons. The quantitative estimate of drug-likeness (QED) is 0.678. The lowest BCUT2D eigenvalue weighted by Gasteiger charge is -2.10. The van der Waals surface area contributed by atoms with Crippen molar-refractivity contribution in [3.05, 3.63) is 60.4 Å². The summed E-state index contributed by atoms with van der Waals surface area (Å²) < 4.78 is 5.31. The van der Waals surface area contributed by atoms with Gasteiger partial charge in [-0.1, -0.05) is 24.3 Å². The molecular weight excluding hydrogens is 234 g/mol. The van der Waals surface area contributed by atoms with Crippen molar-refractivity contribution in [1.82, 2.24) is 4.98 Å². The molecule has 2 heteroatoms. The zero-order valence-corrected chi connectivity index (χ0v) is 11.1. The number of nitrogens with zero attached hydrogens (tertiary/aromatic N) is 1. The summed E-state index contributed by atoms with van der Waals surface area (Å²) in [5.41, 5.74) is 3.58. The van der Waals surface area contributed by atoms with Gasteiger partial charge in [-0.15, -0.1) is 0 Å². The number of ether oxygens (including phenoxy) is 1. The Hall–Kier alpha value is -2.35. The third-order valence-electron chi connectivity index (χ3n) is 3.39. The van der Waals surface area contributed by atoms with E-state index in [0.29, 0.717) is 0 Å². The zero-order chi connectivity index (χ0) is 13.2. The van der Waals surface area contributed by atoms with E-state index in [1.807, 2.05) is 18.5 Å². The molecule has 0 spiro atoms. The van der Waals surface area contributed by atoms with Gasteiger partial charge in [0.25, 0.3) is 0 Å². The fraction of sp³-hybridized carbons (Fsp3) is 0.118. The first kappa shape index (κ1) is 11.7. The molecule has 0 aliphatic heterocycles. The van der Waals surface area contributed by atoms with Gasteiger partial charge in [0, 0.05) is 17.8 Å². The predicted octanol–water partition coefficient (Wildman–Crippen LogP) is 4.22. The van der Waals surface area contributed by atoms with Crippen LogP contribution in [0.25, 0.3) is 21.9 Å². The first-order chi connectivity index (χ1) is 9.29. The monoisotopic (exact) mass is 249 g/mol. The van der Waals surface area contributed by atoms with Crippen LogP contribution in [0.5, 0.6) is 5.75 Å². The summed E-state index contributed by atoms with van der Waals surface area (Å²) >= 11 is 0. The highest BCUT2D eigenvalue weighted by molar-refractivity contribution is 5.96. The van der Waals surface area contributed by atoms with Crippen molar-refractivity contribution < 1.29 is 4.74 Å². The highest BCUT2D eigenvalue weighted by Gasteiger charge is 2.05. The van der Waals surface area contributed by atoms with E-state index in [1.54, 1.807) is 7.11 Å². The summed E-state index contributed by atoms with van der Waals surface area (Å²) in [6.07, 6.45) is 3.73. The molecule has 1 heterocycles. The summed E-state index contributed by atoms with van der Waals surface area (Å²) in [6.45, 7) is 2.06. The predicted molar refractivity (Wildman–Crippen MR) is 78.5 cm³/mol. The van der Waals surface area contributed by atoms with E-state index in [-0.39, 0.29) is 0 Å². The van der Waals surface area contributed by atoms with Crippen molar-refractivity contribution in [3.8, 4) is 16.9 Å². The van der Waals surface area contributed by atoms with E-state index >= 15 is 0 Å². The van der Waals surface area contributed by atoms with Crippen LogP contribution in [0.4, 0.5) is 0 Å². The second-order valence-electron chi connectivity index (χ2n) is 4.59. The number of rotatable bonds is 2. The lowest BCUT2D eigenvalue weighted by Crippen LogP contribution is -1.88. The third kappa shape index (κ3) is 2.06. The number of fused-ring (bicyclic) bond motifs is 1. The van der Waals surface area contributed by atoms with E-state index in [1.165, 1.54) is 16.5 Å². The van der Waals surface area contributed by atoms with Crippen LogP contribution < -0.4 is 4.74 Å². The van der Waals surface area contributed by atoms with Crippen LogP contribution in [0.2, 0.25) is 0 Å². The fourth-order valence-electron chi connectivity index (χ4n) is 2.42. The number of methoxy groups -OCH3 is 1. The molecule has 0 fully saturated rings. The van der Waals surface area contributed by atoms with Crippen molar-refractivity contribution in [2.45, 2.75) is 6.92 Å². The standard InChI is InChI=1S/C17H15NO/c1-12-10-13(6-7-17(12)19-2)15-5-3-4-14-11-18-9-8-16(14)15/h3-11H,1-2H3. The number of aryl methyl sites for hydroxylation is 1. The Kier molecular flexibility index (Phi) is 2.92. The Balaban J connectivity index is 2.22. The summed E-state index contributed by atoms with van der Waals surface area (Å²) in [6, 6.07) is 14.6. The zero-order valence-electron chi connectivity index (χ0n) is 11.1. The van der Waals surface area contributed by atoms with Crippen LogP contribution >= 0.6 is 0 Å². The molecule has 0 atom stereocenters. The van der Waals surface area contributed by atoms with Gasteiger partial charge < -0.3 is 4.74 Å². The van der Waals surface area contributed by atoms with Crippen LogP contribution in [-0.2, 0) is 0 Å². The third-order valence-corrected chi connectivity index (χ3v) is 3.39. The maximum Gasteiger partial charge on any atom is 0.121 e. The number of benzene rings is 2. The molecule has 0 amide bonds. The lowest BCUT2D eigenvalue weighted by atomic mass is 9.98. The van der Waals surface area contributed by atoms with Crippen molar-refractivity contribution >= 4 is 10.8 Å². The molecule has 2 nitrogen and oxygen atoms in total. The number of aromatic nitrogens is 1. The molecule has 0 bridgehead atoms. The molecule has 0 saturated carbocycles. The molecule has 3 rings (SSSR count). The van der Waals surface area contributed by atoms with E-state index < -0.39 is 0 Å². The Bertz CT molecular complexity index is 729. The summed E-state index contributed by atoms with van der Waals surface area (Å²) in [5, 5.41) is 2.38. The van der Waals surface area contributed by atoms with Gasteiger partial charge in [0.05, 0.1) is 7.11 Å². The van der Waals surface area contributed by atoms with Crippen LogP contribution in [0.15, 0.2) is 54.9 Å². The maximum absolute atomic E-state index is 5.31. The second-order valence-corrected chi connectivity index (χ2v) is 4.59. The van der Waals surface area contributed by atoms with Crippen molar-refractivity contribution in [2.75, 3.05) is 7.11 Å². The van der Waals surface area contributed by atoms with Crippen molar-refractivity contribution in [2.24, 2.45) is 0 Å². The van der Waals surface area contributed by atoms with Crippen molar-refractivity contribution in [3.63, 3.8) is 0 Å². The molecule has 1 aromatic heterocycles. The Morgan fingerprint density at radius 3 is 2.74 bits per heavy atom. The molecule has 0 N–H and O–H groups in total. The van der Waals surface area contributed by atoms with Crippen molar-refractivity contribution in [1.29, 1.82) is 0 Å². The molecule has 2 aromatic carbocycles. The van der Waals surface area contributed by atoms with Gasteiger partial charge in [-0.05, 0) is 47.2 Å². The molecule has 0 aliphatic rings. The number of hydrogen-bond acceptors (Lipinski definition) is 2. The highest BCUT2D eigenvalue weighted by Crippen LogP contribution is 2.31. The van der Waals surface area contributed by atoms with Crippen LogP contribution in [0.3, 0.4) is 0 Å². The van der Waals surface area contributed by atoms with E-state index in [2.05, 4.69) is 48.3 Å². The SMILES string of the molecule is COc1ccc(-c2cccc3cnccc23)cc1C. The highest BCUT2D eigenvalue weighted by atomic mass is 16.5. The van der Waals surface area contributed by atoms with Crippen LogP contribution in [0, 0.1) is 6.92 Å². The summed E-state index contributed by atoms with van der Waals surface area (Å²) in [5.74, 6) is 0.922. The Morgan fingerprint density at radius 1 is 1.05 bits per heavy atom. The van der Waals surface area contributed by atoms with Gasteiger partial charge in [-0.2, -0.15) is 0 Å². The van der Waals surface area contributed by atoms with E-state index in [0.717, 1.165) is 16.7 Å². The second kappa shape index (κ2) is 4.73. The van der Waals surface area contributed by atoms with E-state index in [4.69, 9.17) is 4.74 Å². The minimum absolute atomic E-state index is 0.922. The van der Waals surface area contributed by atoms with Gasteiger partial charge in [0.2, 0.25) is 0 Å². The molecular formula is C17H15NO. The van der Waals surface area contributed by atoms with Gasteiger partial charge >= 0.3 is 0 Å². The average Bonchev–Trinajstić information content (AvgIpc) is 2.46. The topological polar surface area (TPSA) is 22.1 Å². The largest absolute Gasteiger partial charge is 0.496 e. The molecule has 0 aliphatic carbocycles. The lowest BCUT2D eigenvalue weighted by molar-refractivity contribution is 0.412. The van der Waals surface area contributed by atoms with Gasteiger partial charge in [0.15, 0.2) is 0 Å². The fourth-order valence-corrected chi connectivity index (χ4v) is 2.42. The molecule has 3 aromatic rings. The minimum atomic E-state index is 0.922. The number of hydrogen-bond donors (Lipinski definition) is 0. The Morgan fingerprint density at radius 2 is 1.95 bits per heavy atom. The van der Waals surface area contributed by atoms with E-state index in [9.17, 15) is 0 Å². The first-order valence-corrected chi connectivity index (χ1v) is 6.27. The normalized spacial score (nSPS) is 10.6. The van der Waals surface area contributed by atoms with Gasteiger partial charge in [-0.3, -0.25) is 4.98 Å². The summed E-state index contributed by atoms with van der Waals surface area (Å²) in [7, 11) is 1.70. The van der Waals surface area contributed by atoms with Crippen LogP contribution in [0.1, 0.15) is 5.56 Å². The van der Waals surface area contributed by atoms with Crippen LogP contribution in [-0.4, -0.2) is 12.1 Å². The summed E-state index contributed by atoms with van der Waals surface area (Å²) in [4.78, 5) is 4.17. The minimum Gasteiger partial charge on any atom is -0.496 e. The molecule has 0 saturated heterocycles. The van der Waals surface area contributed by atoms with Gasteiger partial charge in [0.1, 0.15) is 5.75 Å². The molecule has 94 valence electrons. The Labute approximate surface area is 112 Å². The molecule has 19 heavy (non-hydrogen) atoms. The first-order valence-electron chi connectivity index (χ1n) is 6.27. The maximum atomic E-state index is 5.31. The smallest absolute Gasteiger partial charge is 0.121 e.